The van der Waals surface area contributed by atoms with Gasteiger partial charge >= 0.3 is 0 Å². The van der Waals surface area contributed by atoms with E-state index in [0.717, 1.165) is 5.56 Å². The number of carbonyl (C=O) groups excluding carboxylic acids is 2. The van der Waals surface area contributed by atoms with Crippen molar-refractivity contribution >= 4 is 17.5 Å². The number of hydrogen-bond acceptors (Lipinski definition) is 2. The second-order valence-corrected chi connectivity index (χ2v) is 4.82. The van der Waals surface area contributed by atoms with E-state index in [2.05, 4.69) is 16.6 Å². The maximum atomic E-state index is 12.0. The highest BCUT2D eigenvalue weighted by Crippen LogP contribution is 2.24. The van der Waals surface area contributed by atoms with Crippen LogP contribution in [0.1, 0.15) is 29.8 Å². The standard InChI is InChI=1S/C14H14N2O2/c1-4-14(2,3)16-13(18)10-6-5-9-8-12(17)15-11(9)7-10/h1,5-7H,8H2,2-3H3,(H,15,17)(H,16,18). The zero-order chi connectivity index (χ0) is 13.3. The van der Waals surface area contributed by atoms with E-state index in [0.29, 0.717) is 17.7 Å². The second-order valence-electron chi connectivity index (χ2n) is 4.82. The van der Waals surface area contributed by atoms with Crippen molar-refractivity contribution in [3.8, 4) is 12.3 Å². The van der Waals surface area contributed by atoms with E-state index in [1.54, 1.807) is 32.0 Å². The fourth-order valence-corrected chi connectivity index (χ4v) is 1.75. The van der Waals surface area contributed by atoms with E-state index in [1.807, 2.05) is 0 Å². The maximum absolute atomic E-state index is 12.0. The molecule has 4 heteroatoms. The number of hydrogen-bond donors (Lipinski definition) is 2. The predicted octanol–water partition coefficient (Wildman–Crippen LogP) is 1.32. The summed E-state index contributed by atoms with van der Waals surface area (Å²) in [5.74, 6) is 2.20. The third kappa shape index (κ3) is 2.35. The molecule has 1 aromatic carbocycles. The Kier molecular flexibility index (Phi) is 2.84. The topological polar surface area (TPSA) is 58.2 Å². The minimum Gasteiger partial charge on any atom is -0.336 e. The van der Waals surface area contributed by atoms with Gasteiger partial charge in [-0.2, -0.15) is 0 Å². The molecule has 0 saturated carbocycles. The first-order valence-corrected chi connectivity index (χ1v) is 5.64. The molecule has 92 valence electrons. The largest absolute Gasteiger partial charge is 0.336 e. The molecule has 0 aromatic heterocycles. The van der Waals surface area contributed by atoms with E-state index >= 15 is 0 Å². The molecule has 0 spiro atoms. The molecule has 0 atom stereocenters. The van der Waals surface area contributed by atoms with Crippen LogP contribution in [0.25, 0.3) is 0 Å². The molecule has 0 fully saturated rings. The number of benzene rings is 1. The summed E-state index contributed by atoms with van der Waals surface area (Å²) >= 11 is 0. The summed E-state index contributed by atoms with van der Waals surface area (Å²) in [6.07, 6.45) is 5.69. The fourth-order valence-electron chi connectivity index (χ4n) is 1.75. The second kappa shape index (κ2) is 4.19. The maximum Gasteiger partial charge on any atom is 0.252 e. The summed E-state index contributed by atoms with van der Waals surface area (Å²) in [7, 11) is 0. The van der Waals surface area contributed by atoms with E-state index in [9.17, 15) is 9.59 Å². The Bertz CT molecular complexity index is 568. The Morgan fingerprint density at radius 2 is 2.22 bits per heavy atom. The van der Waals surface area contributed by atoms with E-state index < -0.39 is 5.54 Å². The third-order valence-electron chi connectivity index (χ3n) is 2.78. The van der Waals surface area contributed by atoms with Crippen LogP contribution in [0.4, 0.5) is 5.69 Å². The van der Waals surface area contributed by atoms with Crippen LogP contribution in [-0.4, -0.2) is 17.4 Å². The first-order chi connectivity index (χ1) is 8.41. The molecule has 0 radical (unpaired) electrons. The highest BCUT2D eigenvalue weighted by Gasteiger charge is 2.21. The first kappa shape index (κ1) is 12.2. The van der Waals surface area contributed by atoms with Gasteiger partial charge in [-0.1, -0.05) is 12.0 Å². The summed E-state index contributed by atoms with van der Waals surface area (Å²) in [6.45, 7) is 3.50. The average molecular weight is 242 g/mol. The Hall–Kier alpha value is -2.28. The lowest BCUT2D eigenvalue weighted by Gasteiger charge is -2.19. The van der Waals surface area contributed by atoms with E-state index in [1.165, 1.54) is 0 Å². The highest BCUT2D eigenvalue weighted by molar-refractivity contribution is 6.02. The number of fused-ring (bicyclic) bond motifs is 1. The van der Waals surface area contributed by atoms with Crippen LogP contribution >= 0.6 is 0 Å². The number of anilines is 1. The van der Waals surface area contributed by atoms with Crippen molar-refractivity contribution in [3.63, 3.8) is 0 Å². The minimum absolute atomic E-state index is 0.0495. The number of nitrogens with one attached hydrogen (secondary N) is 2. The van der Waals surface area contributed by atoms with Crippen molar-refractivity contribution in [1.82, 2.24) is 5.32 Å². The van der Waals surface area contributed by atoms with Crippen molar-refractivity contribution in [1.29, 1.82) is 0 Å². The Labute approximate surface area is 106 Å². The molecule has 1 aliphatic rings. The van der Waals surface area contributed by atoms with Crippen LogP contribution in [0.15, 0.2) is 18.2 Å². The molecule has 0 saturated heterocycles. The van der Waals surface area contributed by atoms with Gasteiger partial charge < -0.3 is 10.6 Å². The Balaban J connectivity index is 2.21. The molecule has 0 unspecified atom stereocenters. The Morgan fingerprint density at radius 3 is 2.89 bits per heavy atom. The van der Waals surface area contributed by atoms with Gasteiger partial charge in [-0.3, -0.25) is 9.59 Å². The van der Waals surface area contributed by atoms with Crippen molar-refractivity contribution in [2.75, 3.05) is 5.32 Å². The van der Waals surface area contributed by atoms with Gasteiger partial charge in [0.25, 0.3) is 5.91 Å². The van der Waals surface area contributed by atoms with Gasteiger partial charge in [0.15, 0.2) is 0 Å². The van der Waals surface area contributed by atoms with Gasteiger partial charge in [0.05, 0.1) is 12.0 Å². The summed E-state index contributed by atoms with van der Waals surface area (Å²) < 4.78 is 0. The summed E-state index contributed by atoms with van der Waals surface area (Å²) in [4.78, 5) is 23.2. The molecule has 2 rings (SSSR count). The van der Waals surface area contributed by atoms with Gasteiger partial charge in [-0.25, -0.2) is 0 Å². The fraction of sp³-hybridized carbons (Fsp3) is 0.286. The SMILES string of the molecule is C#CC(C)(C)NC(=O)c1ccc2c(c1)NC(=O)C2. The van der Waals surface area contributed by atoms with Gasteiger partial charge in [-0.05, 0) is 31.5 Å². The zero-order valence-corrected chi connectivity index (χ0v) is 10.3. The summed E-state index contributed by atoms with van der Waals surface area (Å²) in [5.41, 5.74) is 1.40. The van der Waals surface area contributed by atoms with Crippen LogP contribution in [0, 0.1) is 12.3 Å². The lowest BCUT2D eigenvalue weighted by molar-refractivity contribution is -0.115. The quantitative estimate of drug-likeness (QED) is 0.768. The highest BCUT2D eigenvalue weighted by atomic mass is 16.2. The molecule has 1 aromatic rings. The van der Waals surface area contributed by atoms with Gasteiger partial charge in [0, 0.05) is 11.3 Å². The van der Waals surface area contributed by atoms with Crippen molar-refractivity contribution < 1.29 is 9.59 Å². The van der Waals surface area contributed by atoms with Crippen LogP contribution in [-0.2, 0) is 11.2 Å². The third-order valence-corrected chi connectivity index (χ3v) is 2.78. The lowest BCUT2D eigenvalue weighted by atomic mass is 10.0. The first-order valence-electron chi connectivity index (χ1n) is 5.64. The molecule has 1 aliphatic heterocycles. The minimum atomic E-state index is -0.695. The normalized spacial score (nSPS) is 13.5. The van der Waals surface area contributed by atoms with Crippen LogP contribution in [0.3, 0.4) is 0 Å². The smallest absolute Gasteiger partial charge is 0.252 e. The molecule has 0 bridgehead atoms. The number of rotatable bonds is 2. The van der Waals surface area contributed by atoms with Gasteiger partial charge in [-0.15, -0.1) is 6.42 Å². The van der Waals surface area contributed by atoms with Crippen molar-refractivity contribution in [3.05, 3.63) is 29.3 Å². The average Bonchev–Trinajstić information content (AvgIpc) is 2.67. The van der Waals surface area contributed by atoms with Crippen LogP contribution in [0.5, 0.6) is 0 Å². The molecule has 2 amide bonds. The van der Waals surface area contributed by atoms with Crippen molar-refractivity contribution in [2.45, 2.75) is 25.8 Å². The molecule has 18 heavy (non-hydrogen) atoms. The number of terminal acetylenes is 1. The van der Waals surface area contributed by atoms with Gasteiger partial charge in [0.2, 0.25) is 5.91 Å². The van der Waals surface area contributed by atoms with E-state index in [-0.39, 0.29) is 11.8 Å². The molecule has 4 nitrogen and oxygen atoms in total. The van der Waals surface area contributed by atoms with Gasteiger partial charge in [0.1, 0.15) is 0 Å². The molecule has 2 N–H and O–H groups in total. The van der Waals surface area contributed by atoms with Crippen LogP contribution < -0.4 is 10.6 Å². The Morgan fingerprint density at radius 1 is 1.50 bits per heavy atom. The summed E-state index contributed by atoms with van der Waals surface area (Å²) in [5, 5.41) is 5.45. The summed E-state index contributed by atoms with van der Waals surface area (Å²) in [6, 6.07) is 5.15. The van der Waals surface area contributed by atoms with Crippen molar-refractivity contribution in [2.24, 2.45) is 0 Å². The monoisotopic (exact) mass is 242 g/mol. The molecule has 0 aliphatic carbocycles. The number of carbonyl (C=O) groups is 2. The number of amides is 2. The molecular weight excluding hydrogens is 228 g/mol. The lowest BCUT2D eigenvalue weighted by Crippen LogP contribution is -2.42. The zero-order valence-electron chi connectivity index (χ0n) is 10.3. The molecule has 1 heterocycles. The molecular formula is C14H14N2O2. The van der Waals surface area contributed by atoms with Crippen LogP contribution in [0.2, 0.25) is 0 Å². The predicted molar refractivity (Wildman–Crippen MR) is 69.2 cm³/mol. The van der Waals surface area contributed by atoms with E-state index in [4.69, 9.17) is 6.42 Å².